The maximum atomic E-state index is 16.0. The summed E-state index contributed by atoms with van der Waals surface area (Å²) in [4.78, 5) is 86.5. The Balaban J connectivity index is 0.931. The van der Waals surface area contributed by atoms with Crippen LogP contribution in [-0.4, -0.2) is 211 Å². The van der Waals surface area contributed by atoms with Crippen molar-refractivity contribution in [1.82, 2.24) is 0 Å². The molecule has 120 heavy (non-hydrogen) atoms. The van der Waals surface area contributed by atoms with Crippen LogP contribution in [-0.2, 0) is 123 Å². The molecule has 8 fully saturated rings. The van der Waals surface area contributed by atoms with Crippen LogP contribution >= 0.6 is 11.8 Å². The molecule has 0 amide bonds. The van der Waals surface area contributed by atoms with Gasteiger partial charge in [0.15, 0.2) is 76.8 Å². The second-order valence-corrected chi connectivity index (χ2v) is 39.8. The van der Waals surface area contributed by atoms with Crippen molar-refractivity contribution in [2.24, 2.45) is 10.8 Å². The van der Waals surface area contributed by atoms with Crippen LogP contribution < -0.4 is 0 Å². The van der Waals surface area contributed by atoms with Gasteiger partial charge in [-0.05, 0) is 88.7 Å². The minimum atomic E-state index is -3.01. The Kier molecular flexibility index (Phi) is 28.6. The molecule has 30 heteroatoms. The maximum absolute atomic E-state index is 16.0. The third-order valence-corrected chi connectivity index (χ3v) is 28.5. The summed E-state index contributed by atoms with van der Waals surface area (Å²) >= 11 is 1.33. The standard InChI is InChI=1S/C90H108O28SSi/c1-13-119-85-75(117-87(96)90(9,10)45-47-98-53(3)92)70(66-63(106-85)51-102-80(111-66)58-40-28-18-29-41-58)115-82-72(107-76(93)54-32-20-14-21-33-54)68(64-60(103-82)48-99-78(109-64)56-36-24-16-25-37-56)113-83-73(116-86(95)89(7,8)44-46-97-52(2)91)69(65-61(104-83)49-100-79(110-65)57-38-26-17-27-39-57)114-84-74(108-77(94)55-34-22-15-23-35-55)71(118-120(11,12)88(4,5)6)67-62(105-84)50-101-81(112-67)59-42-30-19-31-43-59/h14-43,60-75,78-85H,13,44-51H2,1-12H3/t60?,61?,62?,63?,64-,65-,66-,67-,68-,69-,70-,71-,72?,73?,74?,75?,78?,79?,80?,81?,82-,83-,84-,85-/m0/s1. The van der Waals surface area contributed by atoms with Crippen molar-refractivity contribution in [3.63, 3.8) is 0 Å². The number of hydrogen-bond acceptors (Lipinski definition) is 29. The summed E-state index contributed by atoms with van der Waals surface area (Å²) in [5.41, 5.74) is -0.945. The molecule has 0 N–H and O–H groups in total. The van der Waals surface area contributed by atoms with Crippen LogP contribution in [0.2, 0.25) is 18.1 Å². The first-order valence-corrected chi connectivity index (χ1v) is 44.9. The number of carbonyl (C=O) groups is 6. The summed E-state index contributed by atoms with van der Waals surface area (Å²) in [7, 11) is -3.01. The number of fused-ring (bicyclic) bond motifs is 4. The Morgan fingerprint density at radius 1 is 0.375 bits per heavy atom. The van der Waals surface area contributed by atoms with Crippen molar-refractivity contribution in [2.75, 3.05) is 45.4 Å². The quantitative estimate of drug-likeness (QED) is 0.0250. The van der Waals surface area contributed by atoms with Crippen molar-refractivity contribution >= 4 is 55.9 Å². The lowest BCUT2D eigenvalue weighted by Crippen LogP contribution is -2.71. The molecule has 24 atom stereocenters. The molecule has 646 valence electrons. The van der Waals surface area contributed by atoms with E-state index in [1.807, 2.05) is 128 Å². The molecule has 0 radical (unpaired) electrons. The highest BCUT2D eigenvalue weighted by molar-refractivity contribution is 7.99. The zero-order chi connectivity index (χ0) is 84.6. The highest BCUT2D eigenvalue weighted by atomic mass is 32.2. The molecule has 0 spiro atoms. The number of ether oxygens (including phenoxy) is 21. The SMILES string of the molecule is CCS[C@@H]1OC2COC(c3ccccc3)O[C@@H]2[C@H](O[C@@H]2OC3COC(c4ccccc4)O[C@@H]3[C@H](O[C@@H]3OC4COC(c5ccccc5)O[C@@H]4[C@H](O[C@@H]4OC5COC(c6ccccc6)O[C@@H]5[C@H](O[Si](C)(C)C(C)(C)C)C4OC(=O)c4ccccc4)C3OC(=O)C(C)(C)CCOC(C)=O)C2OC(=O)c2ccccc2)C1OC(=O)C(C)(C)CCOC(C)=O. The largest absolute Gasteiger partial charge is 0.466 e. The predicted molar refractivity (Wildman–Crippen MR) is 431 cm³/mol. The first kappa shape index (κ1) is 88.4. The fraction of sp³-hybridized carbons (Fsp3) is 0.533. The van der Waals surface area contributed by atoms with Crippen LogP contribution in [0.4, 0.5) is 0 Å². The van der Waals surface area contributed by atoms with Gasteiger partial charge < -0.3 is 104 Å². The summed E-state index contributed by atoms with van der Waals surface area (Å²) in [5, 5.41) is -0.457. The Labute approximate surface area is 703 Å². The van der Waals surface area contributed by atoms with E-state index in [4.69, 9.17) is 104 Å². The highest BCUT2D eigenvalue weighted by Crippen LogP contribution is 2.49. The first-order chi connectivity index (χ1) is 57.6. The van der Waals surface area contributed by atoms with Crippen LogP contribution in [0.15, 0.2) is 182 Å². The first-order valence-electron chi connectivity index (χ1n) is 41.0. The molecule has 8 aliphatic rings. The molecule has 12 unspecified atom stereocenters. The molecule has 28 nitrogen and oxygen atoms in total. The van der Waals surface area contributed by atoms with Crippen LogP contribution in [0.3, 0.4) is 0 Å². The van der Waals surface area contributed by atoms with Crippen LogP contribution in [0, 0.1) is 10.8 Å². The smallest absolute Gasteiger partial charge is 0.338 e. The number of carbonyl (C=O) groups excluding carboxylic acids is 6. The van der Waals surface area contributed by atoms with Gasteiger partial charge in [0, 0.05) is 36.1 Å². The summed E-state index contributed by atoms with van der Waals surface area (Å²) in [6, 6.07) is 53.5. The second-order valence-electron chi connectivity index (χ2n) is 33.6. The molecule has 14 rings (SSSR count). The minimum absolute atomic E-state index is 0.0368. The zero-order valence-corrected chi connectivity index (χ0v) is 71.2. The Morgan fingerprint density at radius 3 is 0.992 bits per heavy atom. The summed E-state index contributed by atoms with van der Waals surface area (Å²) in [6.45, 7) is 20.5. The van der Waals surface area contributed by atoms with Gasteiger partial charge in [-0.25, -0.2) is 9.59 Å². The molecular formula is C90H108O28SSi. The molecule has 8 aliphatic heterocycles. The Morgan fingerprint density at radius 2 is 0.667 bits per heavy atom. The van der Waals surface area contributed by atoms with E-state index in [9.17, 15) is 9.59 Å². The monoisotopic (exact) mass is 1700 g/mol. The molecule has 0 aliphatic carbocycles. The molecule has 6 aromatic rings. The van der Waals surface area contributed by atoms with Crippen molar-refractivity contribution in [2.45, 2.75) is 247 Å². The molecule has 0 bridgehead atoms. The van der Waals surface area contributed by atoms with Crippen molar-refractivity contribution in [1.29, 1.82) is 0 Å². The van der Waals surface area contributed by atoms with Gasteiger partial charge in [0.1, 0.15) is 78.7 Å². The fourth-order valence-corrected chi connectivity index (χ4v) is 17.5. The zero-order valence-electron chi connectivity index (χ0n) is 69.4. The lowest BCUT2D eigenvalue weighted by Gasteiger charge is -2.55. The van der Waals surface area contributed by atoms with E-state index in [0.717, 1.165) is 0 Å². The number of thioether (sulfide) groups is 1. The number of rotatable bonds is 28. The lowest BCUT2D eigenvalue weighted by molar-refractivity contribution is -0.424. The van der Waals surface area contributed by atoms with Gasteiger partial charge in [-0.15, -0.1) is 11.8 Å². The van der Waals surface area contributed by atoms with E-state index >= 15 is 19.2 Å². The Hall–Kier alpha value is -7.93. The molecule has 0 saturated carbocycles. The van der Waals surface area contributed by atoms with Gasteiger partial charge in [-0.2, -0.15) is 0 Å². The normalized spacial score (nSPS) is 32.0. The van der Waals surface area contributed by atoms with Crippen molar-refractivity contribution in [3.05, 3.63) is 215 Å². The van der Waals surface area contributed by atoms with Crippen LogP contribution in [0.1, 0.15) is 150 Å². The van der Waals surface area contributed by atoms with Crippen LogP contribution in [0.5, 0.6) is 0 Å². The Bertz CT molecular complexity index is 4380. The molecule has 6 aromatic carbocycles. The number of esters is 6. The van der Waals surface area contributed by atoms with Gasteiger partial charge in [-0.3, -0.25) is 19.2 Å². The van der Waals surface area contributed by atoms with Gasteiger partial charge in [-0.1, -0.05) is 185 Å². The van der Waals surface area contributed by atoms with Gasteiger partial charge in [0.2, 0.25) is 0 Å². The summed E-state index contributed by atoms with van der Waals surface area (Å²) in [5.74, 6) is -3.90. The van der Waals surface area contributed by atoms with E-state index in [2.05, 4.69) is 33.9 Å². The van der Waals surface area contributed by atoms with E-state index in [1.165, 1.54) is 25.6 Å². The lowest BCUT2D eigenvalue weighted by atomic mass is 9.89. The van der Waals surface area contributed by atoms with E-state index in [-0.39, 0.29) is 63.6 Å². The van der Waals surface area contributed by atoms with E-state index in [1.54, 1.807) is 88.4 Å². The number of benzene rings is 6. The summed E-state index contributed by atoms with van der Waals surface area (Å²) < 4.78 is 152. The minimum Gasteiger partial charge on any atom is -0.466 e. The summed E-state index contributed by atoms with van der Waals surface area (Å²) in [6.07, 6.45) is -31.2. The average Bonchev–Trinajstić information content (AvgIpc) is 0.744. The molecule has 8 heterocycles. The molecule has 8 saturated heterocycles. The van der Waals surface area contributed by atoms with Gasteiger partial charge in [0.25, 0.3) is 0 Å². The third kappa shape index (κ3) is 20.8. The fourth-order valence-electron chi connectivity index (χ4n) is 15.2. The predicted octanol–water partition coefficient (Wildman–Crippen LogP) is 12.9. The van der Waals surface area contributed by atoms with Gasteiger partial charge in [0.05, 0.1) is 61.6 Å². The van der Waals surface area contributed by atoms with Crippen molar-refractivity contribution in [3.8, 4) is 0 Å². The third-order valence-electron chi connectivity index (χ3n) is 23.0. The van der Waals surface area contributed by atoms with Crippen LogP contribution in [0.25, 0.3) is 0 Å². The van der Waals surface area contributed by atoms with Gasteiger partial charge >= 0.3 is 35.8 Å². The van der Waals surface area contributed by atoms with E-state index < -0.39 is 207 Å². The highest BCUT2D eigenvalue weighted by Gasteiger charge is 2.64. The average molecular weight is 1700 g/mol. The second kappa shape index (κ2) is 38.9. The van der Waals surface area contributed by atoms with Crippen molar-refractivity contribution < 1.29 is 133 Å². The maximum Gasteiger partial charge on any atom is 0.338 e. The number of hydrogen-bond donors (Lipinski definition) is 0. The molecule has 0 aromatic heterocycles. The topological polar surface area (TPSA) is 305 Å². The molecular weight excluding hydrogens is 1590 g/mol. The van der Waals surface area contributed by atoms with E-state index in [0.29, 0.717) is 28.0 Å².